The minimum Gasteiger partial charge on any atom is -0.376 e. The molecule has 1 atom stereocenters. The van der Waals surface area contributed by atoms with Crippen molar-refractivity contribution in [3.63, 3.8) is 0 Å². The predicted octanol–water partition coefficient (Wildman–Crippen LogP) is 4.54. The van der Waals surface area contributed by atoms with Crippen LogP contribution in [0.1, 0.15) is 41.0 Å². The van der Waals surface area contributed by atoms with Crippen molar-refractivity contribution < 1.29 is 14.4 Å². The molecule has 1 unspecified atom stereocenters. The highest BCUT2D eigenvalue weighted by atomic mass is 16.2. The van der Waals surface area contributed by atoms with E-state index in [-0.39, 0.29) is 30.3 Å². The summed E-state index contributed by atoms with van der Waals surface area (Å²) >= 11 is 0. The Balaban J connectivity index is 1.49. The summed E-state index contributed by atoms with van der Waals surface area (Å²) in [6, 6.07) is 23.3. The van der Waals surface area contributed by atoms with Crippen LogP contribution in [0, 0.1) is 0 Å². The van der Waals surface area contributed by atoms with Crippen LogP contribution in [-0.4, -0.2) is 37.4 Å². The van der Waals surface area contributed by atoms with Gasteiger partial charge in [-0.05, 0) is 74.0 Å². The Morgan fingerprint density at radius 2 is 1.41 bits per heavy atom. The van der Waals surface area contributed by atoms with Crippen LogP contribution in [0.25, 0.3) is 0 Å². The molecule has 0 fully saturated rings. The molecule has 0 bridgehead atoms. The predicted molar refractivity (Wildman–Crippen MR) is 136 cm³/mol. The Morgan fingerprint density at radius 1 is 0.824 bits per heavy atom. The maximum Gasteiger partial charge on any atom is 0.258 e. The van der Waals surface area contributed by atoms with Gasteiger partial charge in [-0.2, -0.15) is 0 Å². The summed E-state index contributed by atoms with van der Waals surface area (Å²) in [4.78, 5) is 38.7. The molecule has 0 aromatic heterocycles. The third kappa shape index (κ3) is 6.68. The van der Waals surface area contributed by atoms with Gasteiger partial charge in [0.15, 0.2) is 0 Å². The van der Waals surface area contributed by atoms with E-state index in [1.807, 2.05) is 44.2 Å². The van der Waals surface area contributed by atoms with Crippen molar-refractivity contribution >= 4 is 34.8 Å². The number of para-hydroxylation sites is 1. The average molecular weight is 459 g/mol. The molecule has 0 aliphatic rings. The number of hydrogen-bond acceptors (Lipinski definition) is 4. The first-order valence-corrected chi connectivity index (χ1v) is 11.2. The van der Waals surface area contributed by atoms with Gasteiger partial charge >= 0.3 is 0 Å². The minimum atomic E-state index is -0.222. The molecule has 7 heteroatoms. The zero-order valence-corrected chi connectivity index (χ0v) is 19.7. The first kappa shape index (κ1) is 24.5. The highest BCUT2D eigenvalue weighted by molar-refractivity contribution is 6.06. The van der Waals surface area contributed by atoms with E-state index in [1.54, 1.807) is 60.5 Å². The third-order valence-corrected chi connectivity index (χ3v) is 5.45. The summed E-state index contributed by atoms with van der Waals surface area (Å²) < 4.78 is 0. The zero-order valence-electron chi connectivity index (χ0n) is 19.7. The van der Waals surface area contributed by atoms with Crippen LogP contribution in [0.5, 0.6) is 0 Å². The summed E-state index contributed by atoms with van der Waals surface area (Å²) in [6.45, 7) is 4.03. The summed E-state index contributed by atoms with van der Waals surface area (Å²) in [7, 11) is 1.73. The minimum absolute atomic E-state index is 0.0630. The van der Waals surface area contributed by atoms with E-state index < -0.39 is 0 Å². The van der Waals surface area contributed by atoms with Crippen molar-refractivity contribution in [2.24, 2.45) is 0 Å². The smallest absolute Gasteiger partial charge is 0.258 e. The number of amides is 3. The summed E-state index contributed by atoms with van der Waals surface area (Å²) in [5.41, 5.74) is 3.25. The van der Waals surface area contributed by atoms with Crippen LogP contribution < -0.4 is 20.9 Å². The highest BCUT2D eigenvalue weighted by Gasteiger charge is 2.13. The Hall–Kier alpha value is -4.13. The van der Waals surface area contributed by atoms with Gasteiger partial charge in [-0.25, -0.2) is 0 Å². The second kappa shape index (κ2) is 11.7. The molecular formula is C27H30N4O3. The first-order chi connectivity index (χ1) is 16.4. The summed E-state index contributed by atoms with van der Waals surface area (Å²) in [6.07, 6.45) is 0.858. The third-order valence-electron chi connectivity index (χ3n) is 5.45. The number of nitrogens with one attached hydrogen (secondary N) is 3. The van der Waals surface area contributed by atoms with Crippen LogP contribution in [-0.2, 0) is 4.79 Å². The first-order valence-electron chi connectivity index (χ1n) is 11.2. The number of benzene rings is 3. The van der Waals surface area contributed by atoms with E-state index in [1.165, 1.54) is 0 Å². The highest BCUT2D eigenvalue weighted by Crippen LogP contribution is 2.17. The number of nitrogens with zero attached hydrogens (tertiary/aromatic N) is 1. The molecule has 3 rings (SSSR count). The molecular weight excluding hydrogens is 428 g/mol. The Morgan fingerprint density at radius 3 is 2.03 bits per heavy atom. The average Bonchev–Trinajstić information content (AvgIpc) is 2.87. The van der Waals surface area contributed by atoms with E-state index in [0.717, 1.165) is 17.8 Å². The molecule has 176 valence electrons. The lowest BCUT2D eigenvalue weighted by atomic mass is 10.1. The lowest BCUT2D eigenvalue weighted by Gasteiger charge is -2.17. The topological polar surface area (TPSA) is 90.5 Å². The van der Waals surface area contributed by atoms with Crippen molar-refractivity contribution in [2.45, 2.75) is 26.3 Å². The van der Waals surface area contributed by atoms with E-state index in [4.69, 9.17) is 0 Å². The molecule has 3 aromatic rings. The van der Waals surface area contributed by atoms with Gasteiger partial charge in [0.25, 0.3) is 11.8 Å². The van der Waals surface area contributed by atoms with Gasteiger partial charge < -0.3 is 20.9 Å². The monoisotopic (exact) mass is 458 g/mol. The van der Waals surface area contributed by atoms with Gasteiger partial charge in [-0.1, -0.05) is 25.1 Å². The molecule has 0 radical (unpaired) electrons. The summed E-state index contributed by atoms with van der Waals surface area (Å²) in [5.74, 6) is -0.469. The summed E-state index contributed by atoms with van der Waals surface area (Å²) in [5, 5.41) is 8.76. The molecule has 0 aliphatic carbocycles. The van der Waals surface area contributed by atoms with Gasteiger partial charge in [0.05, 0.1) is 6.54 Å². The lowest BCUT2D eigenvalue weighted by Crippen LogP contribution is -2.31. The second-order valence-electron chi connectivity index (χ2n) is 8.04. The van der Waals surface area contributed by atoms with E-state index in [9.17, 15) is 14.4 Å². The Kier molecular flexibility index (Phi) is 8.40. The largest absolute Gasteiger partial charge is 0.376 e. The van der Waals surface area contributed by atoms with Gasteiger partial charge in [-0.3, -0.25) is 14.4 Å². The molecule has 0 heterocycles. The van der Waals surface area contributed by atoms with Crippen LogP contribution in [0.3, 0.4) is 0 Å². The van der Waals surface area contributed by atoms with Crippen molar-refractivity contribution in [1.82, 2.24) is 5.32 Å². The van der Waals surface area contributed by atoms with Crippen molar-refractivity contribution in [3.8, 4) is 0 Å². The van der Waals surface area contributed by atoms with Crippen LogP contribution in [0.2, 0.25) is 0 Å². The number of hydrogen-bond donors (Lipinski definition) is 3. The molecule has 7 nitrogen and oxygen atoms in total. The SMILES string of the molecule is CCC(C)NC(=O)c1ccc(NC(=O)CNc2ccc(C(=O)N(C)c3ccccc3)cc2)cc1. The number of anilines is 3. The van der Waals surface area contributed by atoms with Crippen LogP contribution >= 0.6 is 0 Å². The maximum atomic E-state index is 12.7. The van der Waals surface area contributed by atoms with E-state index in [0.29, 0.717) is 16.8 Å². The van der Waals surface area contributed by atoms with Gasteiger partial charge in [0.1, 0.15) is 0 Å². The lowest BCUT2D eigenvalue weighted by molar-refractivity contribution is -0.114. The number of carbonyl (C=O) groups is 3. The Labute approximate surface area is 200 Å². The zero-order chi connectivity index (χ0) is 24.5. The fraction of sp³-hybridized carbons (Fsp3) is 0.222. The molecule has 0 spiro atoms. The second-order valence-corrected chi connectivity index (χ2v) is 8.04. The normalized spacial score (nSPS) is 11.3. The fourth-order valence-electron chi connectivity index (χ4n) is 3.19. The van der Waals surface area contributed by atoms with Crippen LogP contribution in [0.15, 0.2) is 78.9 Å². The molecule has 0 saturated heterocycles. The van der Waals surface area contributed by atoms with E-state index >= 15 is 0 Å². The Bertz CT molecular complexity index is 1110. The molecule has 3 aromatic carbocycles. The van der Waals surface area contributed by atoms with Crippen LogP contribution in [0.4, 0.5) is 17.1 Å². The number of rotatable bonds is 9. The quantitative estimate of drug-likeness (QED) is 0.439. The van der Waals surface area contributed by atoms with E-state index in [2.05, 4.69) is 16.0 Å². The van der Waals surface area contributed by atoms with Crippen molar-refractivity contribution in [1.29, 1.82) is 0 Å². The molecule has 34 heavy (non-hydrogen) atoms. The maximum absolute atomic E-state index is 12.7. The standard InChI is InChI=1S/C27H30N4O3/c1-4-19(2)29-26(33)20-10-16-23(17-11-20)30-25(32)18-28-22-14-12-21(13-15-22)27(34)31(3)24-8-6-5-7-9-24/h5-17,19,28H,4,18H2,1-3H3,(H,29,33)(H,30,32). The van der Waals surface area contributed by atoms with Gasteiger partial charge in [-0.15, -0.1) is 0 Å². The van der Waals surface area contributed by atoms with Gasteiger partial charge in [0, 0.05) is 41.3 Å². The van der Waals surface area contributed by atoms with Gasteiger partial charge in [0.2, 0.25) is 5.91 Å². The number of carbonyl (C=O) groups excluding carboxylic acids is 3. The fourth-order valence-corrected chi connectivity index (χ4v) is 3.19. The molecule has 0 aliphatic heterocycles. The molecule has 3 amide bonds. The molecule has 0 saturated carbocycles. The molecule has 3 N–H and O–H groups in total. The van der Waals surface area contributed by atoms with Crippen molar-refractivity contribution in [3.05, 3.63) is 90.0 Å². The van der Waals surface area contributed by atoms with Crippen molar-refractivity contribution in [2.75, 3.05) is 29.1 Å².